The second kappa shape index (κ2) is 19.7. The predicted molar refractivity (Wildman–Crippen MR) is 256 cm³/mol. The Bertz CT molecular complexity index is 2860. The number of halogens is 1. The molecule has 2 saturated heterocycles. The van der Waals surface area contributed by atoms with Crippen molar-refractivity contribution in [1.82, 2.24) is 24.5 Å². The van der Waals surface area contributed by atoms with E-state index in [2.05, 4.69) is 55.8 Å². The topological polar surface area (TPSA) is 211 Å². The molecule has 0 unspecified atom stereocenters. The number of carbonyl (C=O) groups excluding carboxylic acids is 2. The van der Waals surface area contributed by atoms with Crippen LogP contribution in [-0.4, -0.2) is 123 Å². The Morgan fingerprint density at radius 3 is 2.56 bits per heavy atom. The number of fused-ring (bicyclic) bond motifs is 2. The lowest BCUT2D eigenvalue weighted by Gasteiger charge is -2.39. The van der Waals surface area contributed by atoms with Gasteiger partial charge in [-0.25, -0.2) is 22.9 Å². The number of ether oxygens (including phenoxy) is 4. The van der Waals surface area contributed by atoms with Gasteiger partial charge in [0.15, 0.2) is 11.4 Å². The molecule has 4 aliphatic rings. The molecule has 3 aliphatic heterocycles. The number of morpholine rings is 1. The minimum absolute atomic E-state index is 0.00243. The van der Waals surface area contributed by atoms with Gasteiger partial charge in [0.2, 0.25) is 0 Å². The molecular formula is C48H53ClN8O10S. The van der Waals surface area contributed by atoms with E-state index in [1.165, 1.54) is 33.9 Å². The lowest BCUT2D eigenvalue weighted by molar-refractivity contribution is -0.384. The second-order valence-electron chi connectivity index (χ2n) is 18.2. The number of allylic oxidation sites excluding steroid dienone is 1. The van der Waals surface area contributed by atoms with Crippen LogP contribution in [0.25, 0.3) is 16.6 Å². The number of benzene rings is 3. The first kappa shape index (κ1) is 46.7. The largest absolute Gasteiger partial charge is 0.489 e. The summed E-state index contributed by atoms with van der Waals surface area (Å²) < 4.78 is 52.8. The van der Waals surface area contributed by atoms with Gasteiger partial charge in [0.05, 0.1) is 47.4 Å². The van der Waals surface area contributed by atoms with Gasteiger partial charge in [0.25, 0.3) is 21.6 Å². The summed E-state index contributed by atoms with van der Waals surface area (Å²) in [6.45, 7) is 10.2. The third kappa shape index (κ3) is 10.7. The number of anilines is 2. The van der Waals surface area contributed by atoms with Gasteiger partial charge in [0.1, 0.15) is 23.8 Å². The number of amides is 2. The van der Waals surface area contributed by atoms with Crippen LogP contribution in [0.15, 0.2) is 89.6 Å². The Morgan fingerprint density at radius 1 is 1.01 bits per heavy atom. The smallest absolute Gasteiger partial charge is 0.409 e. The summed E-state index contributed by atoms with van der Waals surface area (Å²) in [4.78, 5) is 51.2. The first-order valence-corrected chi connectivity index (χ1v) is 24.5. The van der Waals surface area contributed by atoms with E-state index in [4.69, 9.17) is 30.5 Å². The van der Waals surface area contributed by atoms with Crippen LogP contribution >= 0.6 is 11.6 Å². The lowest BCUT2D eigenvalue weighted by atomic mass is 9.72. The molecule has 5 aromatic rings. The summed E-state index contributed by atoms with van der Waals surface area (Å²) in [7, 11) is -4.72. The first-order chi connectivity index (χ1) is 32.7. The maximum Gasteiger partial charge on any atom is 0.409 e. The van der Waals surface area contributed by atoms with E-state index in [1.54, 1.807) is 24.4 Å². The maximum atomic E-state index is 14.1. The SMILES string of the molecule is CC1(C)CCC(CN2CCN(c3ccc(C(=O)NS(=O)(=O)c4cc5c(c([N+](=O)[O-])c4)N[C@@H](CCOC(=O)N4CCOCC4)CO5)c(Oc4cnc5[nH]ccc5c4)c3)CC2)=C(c2ccc(Cl)cc2)C1. The maximum absolute atomic E-state index is 14.1. The fourth-order valence-electron chi connectivity index (χ4n) is 9.07. The third-order valence-corrected chi connectivity index (χ3v) is 14.4. The summed E-state index contributed by atoms with van der Waals surface area (Å²) >= 11 is 6.25. The normalized spacial score (nSPS) is 18.6. The number of nitrogens with one attached hydrogen (secondary N) is 3. The Labute approximate surface area is 398 Å². The van der Waals surface area contributed by atoms with Crippen molar-refractivity contribution in [1.29, 1.82) is 0 Å². The van der Waals surface area contributed by atoms with Crippen molar-refractivity contribution in [3.05, 3.63) is 111 Å². The molecule has 9 rings (SSSR count). The van der Waals surface area contributed by atoms with Crippen LogP contribution < -0.4 is 24.4 Å². The molecule has 5 heterocycles. The molecule has 3 aromatic carbocycles. The van der Waals surface area contributed by atoms with E-state index in [9.17, 15) is 28.1 Å². The van der Waals surface area contributed by atoms with Crippen molar-refractivity contribution >= 4 is 67.3 Å². The number of carbonyl (C=O) groups is 2. The molecule has 0 radical (unpaired) electrons. The number of sulfonamides is 1. The summed E-state index contributed by atoms with van der Waals surface area (Å²) in [5.74, 6) is -0.697. The Hall–Kier alpha value is -6.41. The summed E-state index contributed by atoms with van der Waals surface area (Å²) in [5, 5.41) is 16.9. The van der Waals surface area contributed by atoms with Crippen molar-refractivity contribution in [3.63, 3.8) is 0 Å². The van der Waals surface area contributed by atoms with Crippen molar-refractivity contribution in [2.75, 3.05) is 82.5 Å². The highest BCUT2D eigenvalue weighted by Crippen LogP contribution is 2.44. The molecule has 1 atom stereocenters. The van der Waals surface area contributed by atoms with Gasteiger partial charge in [-0.05, 0) is 72.2 Å². The zero-order valence-corrected chi connectivity index (χ0v) is 39.4. The van der Waals surface area contributed by atoms with Crippen molar-refractivity contribution in [2.45, 2.75) is 50.5 Å². The molecule has 2 aromatic heterocycles. The zero-order valence-electron chi connectivity index (χ0n) is 37.8. The first-order valence-electron chi connectivity index (χ1n) is 22.7. The van der Waals surface area contributed by atoms with Gasteiger partial charge < -0.3 is 39.0 Å². The molecular weight excluding hydrogens is 916 g/mol. The van der Waals surface area contributed by atoms with E-state index in [1.807, 2.05) is 18.2 Å². The van der Waals surface area contributed by atoms with E-state index < -0.39 is 43.6 Å². The number of rotatable bonds is 13. The number of nitro groups is 1. The van der Waals surface area contributed by atoms with E-state index in [0.29, 0.717) is 55.8 Å². The zero-order chi connectivity index (χ0) is 47.6. The number of nitrogens with zero attached hydrogens (tertiary/aromatic N) is 5. The number of H-pyrrole nitrogens is 1. The average Bonchev–Trinajstić information content (AvgIpc) is 3.80. The Kier molecular flexibility index (Phi) is 13.5. The fourth-order valence-corrected chi connectivity index (χ4v) is 10.2. The average molecular weight is 970 g/mol. The third-order valence-electron chi connectivity index (χ3n) is 12.9. The standard InChI is InChI=1S/C48H53ClN8O10S/c1-48(2)12-9-33(40(27-48)31-3-5-34(49)6-4-31)29-54-14-16-55(17-15-54)36-7-8-39(42(24-36)67-37-23-32-10-13-50-45(32)51-28-37)46(58)53-68(62,63)38-25-41(57(60)61)44-43(26-38)66-30-35(52-44)11-20-65-47(59)56-18-21-64-22-19-56/h3-8,10,13,23-26,28,35,52H,9,11-12,14-22,27,29-30H2,1-2H3,(H,50,51)(H,53,58)/t35-/m0/s1. The van der Waals surface area contributed by atoms with Gasteiger partial charge in [-0.2, -0.15) is 0 Å². The molecule has 1 aliphatic carbocycles. The number of aromatic nitrogens is 2. The number of aromatic amines is 1. The van der Waals surface area contributed by atoms with Crippen molar-refractivity contribution in [3.8, 4) is 17.2 Å². The number of hydrogen-bond donors (Lipinski definition) is 3. The minimum Gasteiger partial charge on any atom is -0.489 e. The molecule has 0 saturated carbocycles. The van der Waals surface area contributed by atoms with Crippen molar-refractivity contribution in [2.24, 2.45) is 5.41 Å². The highest BCUT2D eigenvalue weighted by atomic mass is 35.5. The van der Waals surface area contributed by atoms with Crippen LogP contribution in [0, 0.1) is 15.5 Å². The molecule has 0 bridgehead atoms. The summed E-state index contributed by atoms with van der Waals surface area (Å²) in [5.41, 5.74) is 4.99. The number of piperazine rings is 1. The monoisotopic (exact) mass is 968 g/mol. The summed E-state index contributed by atoms with van der Waals surface area (Å²) in [6, 6.07) is 18.2. The molecule has 358 valence electrons. The highest BCUT2D eigenvalue weighted by molar-refractivity contribution is 7.90. The molecule has 68 heavy (non-hydrogen) atoms. The predicted octanol–water partition coefficient (Wildman–Crippen LogP) is 7.85. The molecule has 0 spiro atoms. The van der Waals surface area contributed by atoms with Crippen LogP contribution in [0.3, 0.4) is 0 Å². The van der Waals surface area contributed by atoms with E-state index in [0.717, 1.165) is 62.1 Å². The van der Waals surface area contributed by atoms with Crippen LogP contribution in [-0.2, 0) is 19.5 Å². The second-order valence-corrected chi connectivity index (χ2v) is 20.3. The van der Waals surface area contributed by atoms with Crippen molar-refractivity contribution < 1.29 is 41.9 Å². The van der Waals surface area contributed by atoms with Gasteiger partial charge in [-0.15, -0.1) is 0 Å². The molecule has 18 nitrogen and oxygen atoms in total. The molecule has 2 amide bonds. The van der Waals surface area contributed by atoms with E-state index in [-0.39, 0.29) is 47.8 Å². The molecule has 20 heteroatoms. The van der Waals surface area contributed by atoms with Gasteiger partial charge >= 0.3 is 6.09 Å². The fraction of sp³-hybridized carbons (Fsp3) is 0.396. The Balaban J connectivity index is 0.907. The highest BCUT2D eigenvalue weighted by Gasteiger charge is 2.34. The van der Waals surface area contributed by atoms with Crippen LogP contribution in [0.5, 0.6) is 17.2 Å². The van der Waals surface area contributed by atoms with E-state index >= 15 is 0 Å². The Morgan fingerprint density at radius 2 is 1.79 bits per heavy atom. The quantitative estimate of drug-likeness (QED) is 0.0758. The number of pyridine rings is 1. The van der Waals surface area contributed by atoms with Crippen LogP contribution in [0.1, 0.15) is 55.5 Å². The number of nitro benzene ring substituents is 1. The lowest BCUT2D eigenvalue weighted by Crippen LogP contribution is -2.47. The molecule has 3 N–H and O–H groups in total. The minimum atomic E-state index is -4.72. The molecule has 2 fully saturated rings. The van der Waals surface area contributed by atoms with Gasteiger partial charge in [-0.3, -0.25) is 19.8 Å². The van der Waals surface area contributed by atoms with Crippen LogP contribution in [0.4, 0.5) is 21.9 Å². The summed E-state index contributed by atoms with van der Waals surface area (Å²) in [6.07, 6.45) is 6.18. The van der Waals surface area contributed by atoms with Gasteiger partial charge in [0, 0.05) is 92.7 Å². The van der Waals surface area contributed by atoms with Crippen LogP contribution in [0.2, 0.25) is 5.02 Å². The van der Waals surface area contributed by atoms with Gasteiger partial charge in [-0.1, -0.05) is 43.2 Å². The number of hydrogen-bond acceptors (Lipinski definition) is 14.